The molecule has 2 aromatic heterocycles. The fraction of sp³-hybridized carbons (Fsp3) is 0.444. The van der Waals surface area contributed by atoms with Crippen LogP contribution in [0.5, 0.6) is 0 Å². The number of likely N-dealkylation sites (tertiary alicyclic amines) is 1. The summed E-state index contributed by atoms with van der Waals surface area (Å²) in [6.45, 7) is 3.76. The summed E-state index contributed by atoms with van der Waals surface area (Å²) < 4.78 is 1.91. The molecule has 1 aromatic carbocycles. The van der Waals surface area contributed by atoms with Crippen LogP contribution in [-0.2, 0) is 23.1 Å². The van der Waals surface area contributed by atoms with E-state index in [2.05, 4.69) is 51.7 Å². The number of nitrogens with one attached hydrogen (secondary N) is 1. The molecule has 0 spiro atoms. The maximum atomic E-state index is 11.0. The molecule has 0 unspecified atom stereocenters. The number of aromatic nitrogens is 3. The predicted molar refractivity (Wildman–Crippen MR) is 133 cm³/mol. The van der Waals surface area contributed by atoms with Crippen LogP contribution in [0, 0.1) is 0 Å². The molecule has 5 rings (SSSR count). The molecule has 1 fully saturated rings. The molecular formula is C27H33N5O2. The zero-order valence-corrected chi connectivity index (χ0v) is 19.6. The summed E-state index contributed by atoms with van der Waals surface area (Å²) in [7, 11) is 0. The molecule has 0 saturated carbocycles. The Labute approximate surface area is 200 Å². The molecule has 1 atom stereocenters. The fourth-order valence-electron chi connectivity index (χ4n) is 5.46. The van der Waals surface area contributed by atoms with Crippen LogP contribution < -0.4 is 5.32 Å². The summed E-state index contributed by atoms with van der Waals surface area (Å²) in [6.07, 6.45) is 9.96. The molecule has 7 nitrogen and oxygen atoms in total. The highest BCUT2D eigenvalue weighted by atomic mass is 16.4. The van der Waals surface area contributed by atoms with Crippen LogP contribution in [-0.4, -0.2) is 56.9 Å². The lowest BCUT2D eigenvalue weighted by atomic mass is 9.75. The van der Waals surface area contributed by atoms with Gasteiger partial charge in [0.05, 0.1) is 5.69 Å². The Morgan fingerprint density at radius 1 is 1.21 bits per heavy atom. The van der Waals surface area contributed by atoms with Crippen LogP contribution in [0.3, 0.4) is 0 Å². The Balaban J connectivity index is 1.38. The molecule has 3 aromatic rings. The highest BCUT2D eigenvalue weighted by Gasteiger charge is 2.39. The van der Waals surface area contributed by atoms with Crippen LogP contribution in [0.2, 0.25) is 0 Å². The van der Waals surface area contributed by atoms with Crippen LogP contribution >= 0.6 is 0 Å². The summed E-state index contributed by atoms with van der Waals surface area (Å²) in [5.74, 6) is 0.338. The van der Waals surface area contributed by atoms with Gasteiger partial charge >= 0.3 is 5.97 Å². The average molecular weight is 460 g/mol. The van der Waals surface area contributed by atoms with E-state index >= 15 is 0 Å². The van der Waals surface area contributed by atoms with E-state index in [0.717, 1.165) is 69.1 Å². The molecule has 2 aliphatic rings. The summed E-state index contributed by atoms with van der Waals surface area (Å²) in [4.78, 5) is 18.4. The molecule has 2 N–H and O–H groups in total. The van der Waals surface area contributed by atoms with Crippen LogP contribution in [0.15, 0.2) is 54.9 Å². The number of carboxylic acids is 1. The van der Waals surface area contributed by atoms with Crippen molar-refractivity contribution >= 4 is 11.8 Å². The lowest BCUT2D eigenvalue weighted by Crippen LogP contribution is -2.32. The highest BCUT2D eigenvalue weighted by Crippen LogP contribution is 2.39. The number of hydrogen-bond donors (Lipinski definition) is 2. The van der Waals surface area contributed by atoms with Gasteiger partial charge in [0.15, 0.2) is 0 Å². The van der Waals surface area contributed by atoms with E-state index in [-0.39, 0.29) is 11.8 Å². The Kier molecular flexibility index (Phi) is 6.63. The van der Waals surface area contributed by atoms with Gasteiger partial charge in [0, 0.05) is 43.0 Å². The van der Waals surface area contributed by atoms with Crippen molar-refractivity contribution in [3.05, 3.63) is 71.7 Å². The largest absolute Gasteiger partial charge is 0.481 e. The first-order valence-corrected chi connectivity index (χ1v) is 12.4. The number of carbonyl (C=O) groups is 1. The van der Waals surface area contributed by atoms with Gasteiger partial charge in [-0.3, -0.25) is 4.79 Å². The number of fused-ring (bicyclic) bond motifs is 1. The van der Waals surface area contributed by atoms with E-state index in [1.807, 2.05) is 16.9 Å². The van der Waals surface area contributed by atoms with Gasteiger partial charge < -0.3 is 15.3 Å². The lowest BCUT2D eigenvalue weighted by Gasteiger charge is -2.31. The van der Waals surface area contributed by atoms with Gasteiger partial charge in [-0.1, -0.05) is 18.2 Å². The Morgan fingerprint density at radius 3 is 3.00 bits per heavy atom. The van der Waals surface area contributed by atoms with E-state index in [1.54, 1.807) is 6.20 Å². The minimum Gasteiger partial charge on any atom is -0.481 e. The van der Waals surface area contributed by atoms with E-state index in [1.165, 1.54) is 17.5 Å². The molecule has 0 amide bonds. The topological polar surface area (TPSA) is 83.3 Å². The number of pyridine rings is 1. The average Bonchev–Trinajstić information content (AvgIpc) is 3.54. The minimum atomic E-state index is -0.718. The second-order valence-corrected chi connectivity index (χ2v) is 9.65. The zero-order chi connectivity index (χ0) is 23.4. The monoisotopic (exact) mass is 459 g/mol. The van der Waals surface area contributed by atoms with Gasteiger partial charge in [-0.2, -0.15) is 5.10 Å². The Hall–Kier alpha value is -3.19. The first-order chi connectivity index (χ1) is 16.6. The predicted octanol–water partition coefficient (Wildman–Crippen LogP) is 4.07. The van der Waals surface area contributed by atoms with E-state index in [9.17, 15) is 4.79 Å². The van der Waals surface area contributed by atoms with Gasteiger partial charge in [0.25, 0.3) is 0 Å². The van der Waals surface area contributed by atoms with Crippen molar-refractivity contribution in [1.29, 1.82) is 0 Å². The number of benzene rings is 1. The standard InChI is InChI=1S/C27H33N5O2/c33-25(34)8-3-16-31-18-13-27(20-31,22-6-1-7-24(19-22)32-17-4-15-29-32)12-11-23-10-9-21-5-2-14-28-26(21)30-23/h1,4,6-7,9-10,15,17,19H,2-3,5,8,11-14,16,18,20H2,(H,28,30)(H,33,34)/t27-/m0/s1. The number of hydrogen-bond acceptors (Lipinski definition) is 5. The summed E-state index contributed by atoms with van der Waals surface area (Å²) >= 11 is 0. The van der Waals surface area contributed by atoms with Gasteiger partial charge in [-0.25, -0.2) is 9.67 Å². The lowest BCUT2D eigenvalue weighted by molar-refractivity contribution is -0.137. The molecule has 2 aliphatic heterocycles. The first kappa shape index (κ1) is 22.6. The molecule has 7 heteroatoms. The van der Waals surface area contributed by atoms with Gasteiger partial charge in [-0.05, 0) is 87.0 Å². The second-order valence-electron chi connectivity index (χ2n) is 9.65. The highest BCUT2D eigenvalue weighted by molar-refractivity contribution is 5.66. The molecule has 0 radical (unpaired) electrons. The van der Waals surface area contributed by atoms with Crippen molar-refractivity contribution in [2.45, 2.75) is 50.4 Å². The van der Waals surface area contributed by atoms with Crippen molar-refractivity contribution < 1.29 is 9.90 Å². The number of nitrogens with zero attached hydrogens (tertiary/aromatic N) is 4. The Bertz CT molecular complexity index is 1130. The van der Waals surface area contributed by atoms with E-state index in [0.29, 0.717) is 6.42 Å². The van der Waals surface area contributed by atoms with E-state index < -0.39 is 5.97 Å². The quantitative estimate of drug-likeness (QED) is 0.502. The molecular weight excluding hydrogens is 426 g/mol. The second kappa shape index (κ2) is 9.97. The summed E-state index contributed by atoms with van der Waals surface area (Å²) in [5, 5.41) is 16.9. The van der Waals surface area contributed by atoms with Crippen molar-refractivity contribution in [2.75, 3.05) is 31.5 Å². The summed E-state index contributed by atoms with van der Waals surface area (Å²) in [5.41, 5.74) is 4.87. The number of rotatable bonds is 9. The molecule has 0 aliphatic carbocycles. The van der Waals surface area contributed by atoms with Crippen molar-refractivity contribution in [1.82, 2.24) is 19.7 Å². The molecule has 0 bridgehead atoms. The minimum absolute atomic E-state index is 0.0113. The number of aliphatic carboxylic acids is 1. The molecule has 4 heterocycles. The third-order valence-electron chi connectivity index (χ3n) is 7.34. The number of aryl methyl sites for hydroxylation is 2. The SMILES string of the molecule is O=C(O)CCCN1CC[C@](CCc2ccc3c(n2)NCCC3)(c2cccc(-n3cccn3)c2)C1. The smallest absolute Gasteiger partial charge is 0.303 e. The normalized spacial score (nSPS) is 20.1. The molecule has 1 saturated heterocycles. The van der Waals surface area contributed by atoms with Crippen molar-refractivity contribution in [3.8, 4) is 5.69 Å². The van der Waals surface area contributed by atoms with Crippen molar-refractivity contribution in [2.24, 2.45) is 0 Å². The maximum Gasteiger partial charge on any atom is 0.303 e. The van der Waals surface area contributed by atoms with Crippen LogP contribution in [0.1, 0.15) is 48.9 Å². The van der Waals surface area contributed by atoms with Gasteiger partial charge in [0.1, 0.15) is 5.82 Å². The van der Waals surface area contributed by atoms with Gasteiger partial charge in [0.2, 0.25) is 0 Å². The maximum absolute atomic E-state index is 11.0. The zero-order valence-electron chi connectivity index (χ0n) is 19.6. The third-order valence-corrected chi connectivity index (χ3v) is 7.34. The third kappa shape index (κ3) is 4.99. The Morgan fingerprint density at radius 2 is 2.15 bits per heavy atom. The van der Waals surface area contributed by atoms with Crippen LogP contribution in [0.4, 0.5) is 5.82 Å². The van der Waals surface area contributed by atoms with E-state index in [4.69, 9.17) is 10.1 Å². The van der Waals surface area contributed by atoms with Gasteiger partial charge in [-0.15, -0.1) is 0 Å². The number of anilines is 1. The van der Waals surface area contributed by atoms with Crippen LogP contribution in [0.25, 0.3) is 5.69 Å². The molecule has 34 heavy (non-hydrogen) atoms. The van der Waals surface area contributed by atoms with Crippen molar-refractivity contribution in [3.63, 3.8) is 0 Å². The fourth-order valence-corrected chi connectivity index (χ4v) is 5.46. The first-order valence-electron chi connectivity index (χ1n) is 12.4. The number of carboxylic acid groups (broad SMARTS) is 1. The molecule has 178 valence electrons. The summed E-state index contributed by atoms with van der Waals surface area (Å²) in [6, 6.07) is 15.1.